The lowest BCUT2D eigenvalue weighted by Crippen LogP contribution is -2.17. The van der Waals surface area contributed by atoms with Crippen molar-refractivity contribution in [1.82, 2.24) is 0 Å². The monoisotopic (exact) mass is 436 g/mol. The van der Waals surface area contributed by atoms with Crippen molar-refractivity contribution in [2.45, 2.75) is 39.9 Å². The average Bonchev–Trinajstić information content (AvgIpc) is 2.83. The summed E-state index contributed by atoms with van der Waals surface area (Å²) >= 11 is 0. The molecular formula is C30H32N2O. The number of hydrogen-bond acceptors (Lipinski definition) is 3. The van der Waals surface area contributed by atoms with Crippen molar-refractivity contribution in [3.63, 3.8) is 0 Å². The zero-order chi connectivity index (χ0) is 23.5. The van der Waals surface area contributed by atoms with Gasteiger partial charge in [-0.25, -0.2) is 0 Å². The molecule has 0 spiro atoms. The summed E-state index contributed by atoms with van der Waals surface area (Å²) in [6.07, 6.45) is -0.583. The van der Waals surface area contributed by atoms with Gasteiger partial charge in [0.2, 0.25) is 0 Å². The zero-order valence-electron chi connectivity index (χ0n) is 19.8. The minimum atomic E-state index is -0.292. The van der Waals surface area contributed by atoms with Gasteiger partial charge in [-0.15, -0.1) is 0 Å². The highest BCUT2D eigenvalue weighted by Crippen LogP contribution is 2.41. The van der Waals surface area contributed by atoms with Crippen LogP contribution in [0.15, 0.2) is 84.9 Å². The molecule has 0 aliphatic rings. The lowest BCUT2D eigenvalue weighted by atomic mass is 9.89. The fraction of sp³-hybridized carbons (Fsp3) is 0.200. The third kappa shape index (κ3) is 4.50. The Morgan fingerprint density at radius 2 is 0.879 bits per heavy atom. The molecule has 4 aromatic rings. The fourth-order valence-electron chi connectivity index (χ4n) is 4.59. The Bertz CT molecular complexity index is 1150. The first-order valence-corrected chi connectivity index (χ1v) is 11.3. The standard InChI is InChI=1S/C30H32N2O/c1-19-15-17-25(31)21(3)27(19)29(23-11-7-5-8-12-23)33-30(24-13-9-6-10-14-24)28-20(2)16-18-26(32)22(28)4/h5-18,29-30H,31-32H2,1-4H3. The number of rotatable bonds is 6. The van der Waals surface area contributed by atoms with Gasteiger partial charge < -0.3 is 16.2 Å². The Balaban J connectivity index is 1.94. The Morgan fingerprint density at radius 1 is 0.515 bits per heavy atom. The van der Waals surface area contributed by atoms with E-state index in [0.29, 0.717) is 0 Å². The molecular weight excluding hydrogens is 404 g/mol. The summed E-state index contributed by atoms with van der Waals surface area (Å²) in [5.74, 6) is 0. The Labute approximate surface area is 197 Å². The smallest absolute Gasteiger partial charge is 0.109 e. The highest BCUT2D eigenvalue weighted by Gasteiger charge is 2.28. The molecule has 3 heteroatoms. The van der Waals surface area contributed by atoms with Crippen LogP contribution >= 0.6 is 0 Å². The van der Waals surface area contributed by atoms with Gasteiger partial charge in [-0.3, -0.25) is 0 Å². The molecule has 3 nitrogen and oxygen atoms in total. The molecule has 0 saturated heterocycles. The largest absolute Gasteiger partial charge is 0.399 e. The number of aryl methyl sites for hydroxylation is 2. The molecule has 0 radical (unpaired) electrons. The van der Waals surface area contributed by atoms with Gasteiger partial charge in [0, 0.05) is 11.4 Å². The van der Waals surface area contributed by atoms with Crippen LogP contribution in [0.4, 0.5) is 11.4 Å². The summed E-state index contributed by atoms with van der Waals surface area (Å²) in [7, 11) is 0. The average molecular weight is 437 g/mol. The quantitative estimate of drug-likeness (QED) is 0.321. The van der Waals surface area contributed by atoms with Crippen LogP contribution in [0.25, 0.3) is 0 Å². The molecule has 2 atom stereocenters. The predicted octanol–water partition coefficient (Wildman–Crippen LogP) is 6.98. The van der Waals surface area contributed by atoms with Crippen molar-refractivity contribution in [1.29, 1.82) is 0 Å². The lowest BCUT2D eigenvalue weighted by molar-refractivity contribution is 0.0296. The van der Waals surface area contributed by atoms with Crippen molar-refractivity contribution in [2.75, 3.05) is 11.5 Å². The number of ether oxygens (including phenoxy) is 1. The van der Waals surface area contributed by atoms with Crippen LogP contribution in [0.5, 0.6) is 0 Å². The number of nitrogens with two attached hydrogens (primary N) is 2. The number of nitrogen functional groups attached to an aromatic ring is 2. The highest BCUT2D eigenvalue weighted by atomic mass is 16.5. The molecule has 4 rings (SSSR count). The second-order valence-electron chi connectivity index (χ2n) is 8.74. The van der Waals surface area contributed by atoms with E-state index in [-0.39, 0.29) is 12.2 Å². The van der Waals surface area contributed by atoms with E-state index in [1.54, 1.807) is 0 Å². The van der Waals surface area contributed by atoms with Crippen LogP contribution in [0, 0.1) is 27.7 Å². The Morgan fingerprint density at radius 3 is 1.24 bits per heavy atom. The molecule has 0 heterocycles. The van der Waals surface area contributed by atoms with E-state index in [1.165, 1.54) is 0 Å². The van der Waals surface area contributed by atoms with Gasteiger partial charge >= 0.3 is 0 Å². The van der Waals surface area contributed by atoms with E-state index in [1.807, 2.05) is 24.3 Å². The second kappa shape index (κ2) is 9.51. The molecule has 0 aliphatic carbocycles. The molecule has 168 valence electrons. The predicted molar refractivity (Wildman–Crippen MR) is 138 cm³/mol. The molecule has 4 N–H and O–H groups in total. The SMILES string of the molecule is Cc1ccc(N)c(C)c1C(OC(c1ccccc1)c1c(C)ccc(N)c1C)c1ccccc1. The van der Waals surface area contributed by atoms with Gasteiger partial charge in [0.1, 0.15) is 12.2 Å². The molecule has 0 amide bonds. The van der Waals surface area contributed by atoms with Crippen molar-refractivity contribution < 1.29 is 4.74 Å². The number of hydrogen-bond donors (Lipinski definition) is 2. The molecule has 0 fully saturated rings. The number of anilines is 2. The first kappa shape index (κ1) is 22.6. The third-order valence-electron chi connectivity index (χ3n) is 6.55. The maximum Gasteiger partial charge on any atom is 0.109 e. The zero-order valence-corrected chi connectivity index (χ0v) is 19.8. The van der Waals surface area contributed by atoms with E-state index in [0.717, 1.165) is 55.9 Å². The molecule has 0 saturated carbocycles. The molecule has 33 heavy (non-hydrogen) atoms. The van der Waals surface area contributed by atoms with Crippen LogP contribution in [-0.2, 0) is 4.74 Å². The van der Waals surface area contributed by atoms with E-state index >= 15 is 0 Å². The first-order valence-electron chi connectivity index (χ1n) is 11.3. The van der Waals surface area contributed by atoms with E-state index in [4.69, 9.17) is 16.2 Å². The van der Waals surface area contributed by atoms with E-state index in [9.17, 15) is 0 Å². The van der Waals surface area contributed by atoms with Crippen molar-refractivity contribution in [3.8, 4) is 0 Å². The van der Waals surface area contributed by atoms with Gasteiger partial charge in [-0.2, -0.15) is 0 Å². The van der Waals surface area contributed by atoms with Gasteiger partial charge in [0.25, 0.3) is 0 Å². The molecule has 0 aromatic heterocycles. The normalized spacial score (nSPS) is 13.0. The fourth-order valence-corrected chi connectivity index (χ4v) is 4.59. The van der Waals surface area contributed by atoms with Crippen LogP contribution in [0.2, 0.25) is 0 Å². The van der Waals surface area contributed by atoms with Crippen LogP contribution in [-0.4, -0.2) is 0 Å². The van der Waals surface area contributed by atoms with Crippen molar-refractivity contribution in [3.05, 3.63) is 129 Å². The lowest BCUT2D eigenvalue weighted by Gasteiger charge is -2.31. The van der Waals surface area contributed by atoms with Gasteiger partial charge in [0.05, 0.1) is 0 Å². The van der Waals surface area contributed by atoms with Gasteiger partial charge in [-0.05, 0) is 84.3 Å². The van der Waals surface area contributed by atoms with Crippen molar-refractivity contribution in [2.24, 2.45) is 0 Å². The summed E-state index contributed by atoms with van der Waals surface area (Å²) in [5, 5.41) is 0. The molecule has 0 bridgehead atoms. The molecule has 2 unspecified atom stereocenters. The Kier molecular flexibility index (Phi) is 6.52. The maximum atomic E-state index is 7.12. The summed E-state index contributed by atoms with van der Waals surface area (Å²) in [6, 6.07) is 28.8. The van der Waals surface area contributed by atoms with Gasteiger partial charge in [-0.1, -0.05) is 72.8 Å². The van der Waals surface area contributed by atoms with Crippen LogP contribution in [0.3, 0.4) is 0 Å². The van der Waals surface area contributed by atoms with Crippen LogP contribution < -0.4 is 11.5 Å². The van der Waals surface area contributed by atoms with E-state index < -0.39 is 0 Å². The summed E-state index contributed by atoms with van der Waals surface area (Å²) in [6.45, 7) is 8.39. The molecule has 4 aromatic carbocycles. The van der Waals surface area contributed by atoms with E-state index in [2.05, 4.69) is 88.4 Å². The summed E-state index contributed by atoms with van der Waals surface area (Å²) in [4.78, 5) is 0. The summed E-state index contributed by atoms with van der Waals surface area (Å²) in [5.41, 5.74) is 23.1. The maximum absolute atomic E-state index is 7.12. The minimum Gasteiger partial charge on any atom is -0.399 e. The first-order chi connectivity index (χ1) is 15.9. The summed E-state index contributed by atoms with van der Waals surface area (Å²) < 4.78 is 7.12. The highest BCUT2D eigenvalue weighted by molar-refractivity contribution is 5.57. The molecule has 0 aliphatic heterocycles. The third-order valence-corrected chi connectivity index (χ3v) is 6.55. The topological polar surface area (TPSA) is 61.3 Å². The second-order valence-corrected chi connectivity index (χ2v) is 8.74. The van der Waals surface area contributed by atoms with Crippen LogP contribution in [0.1, 0.15) is 56.7 Å². The van der Waals surface area contributed by atoms with Crippen molar-refractivity contribution >= 4 is 11.4 Å². The minimum absolute atomic E-state index is 0.292. The Hall–Kier alpha value is -3.56. The number of benzene rings is 4. The van der Waals surface area contributed by atoms with Gasteiger partial charge in [0.15, 0.2) is 0 Å².